The fourth-order valence-electron chi connectivity index (χ4n) is 2.30. The minimum Gasteiger partial charge on any atom is -0.445 e. The number of nitrogens with two attached hydrogens (primary N) is 2. The lowest BCUT2D eigenvalue weighted by Gasteiger charge is -2.13. The third kappa shape index (κ3) is 6.50. The molecule has 1 unspecified atom stereocenters. The highest BCUT2D eigenvalue weighted by molar-refractivity contribution is 5.64. The van der Waals surface area contributed by atoms with Crippen molar-refractivity contribution >= 4 is 6.09 Å². The van der Waals surface area contributed by atoms with E-state index in [1.54, 1.807) is 0 Å². The molecule has 122 valence electrons. The molecule has 0 heterocycles. The standard InChI is InChI=1S/C18H23N3O2/c19-17(10-14-4-2-1-3-5-14)12-21-11-15-6-8-16(9-7-15)13-23-18(20)22/h1-9,17,21H,10-13,19H2,(H2,20,22). The van der Waals surface area contributed by atoms with Gasteiger partial charge in [0.1, 0.15) is 6.61 Å². The summed E-state index contributed by atoms with van der Waals surface area (Å²) >= 11 is 0. The van der Waals surface area contributed by atoms with Crippen molar-refractivity contribution in [1.29, 1.82) is 0 Å². The van der Waals surface area contributed by atoms with Crippen LogP contribution in [0.1, 0.15) is 16.7 Å². The topological polar surface area (TPSA) is 90.4 Å². The number of primary amides is 1. The fourth-order valence-corrected chi connectivity index (χ4v) is 2.30. The van der Waals surface area contributed by atoms with Gasteiger partial charge in [0.25, 0.3) is 0 Å². The van der Waals surface area contributed by atoms with Gasteiger partial charge in [0, 0.05) is 19.1 Å². The molecule has 0 saturated carbocycles. The first kappa shape index (κ1) is 17.0. The molecule has 2 rings (SSSR count). The van der Waals surface area contributed by atoms with E-state index in [-0.39, 0.29) is 12.6 Å². The maximum atomic E-state index is 10.6. The summed E-state index contributed by atoms with van der Waals surface area (Å²) in [4.78, 5) is 10.6. The molecule has 23 heavy (non-hydrogen) atoms. The highest BCUT2D eigenvalue weighted by atomic mass is 16.5. The second-order valence-electron chi connectivity index (χ2n) is 5.50. The van der Waals surface area contributed by atoms with Crippen molar-refractivity contribution < 1.29 is 9.53 Å². The van der Waals surface area contributed by atoms with Gasteiger partial charge >= 0.3 is 6.09 Å². The van der Waals surface area contributed by atoms with E-state index < -0.39 is 6.09 Å². The predicted octanol–water partition coefficient (Wildman–Crippen LogP) is 1.94. The zero-order valence-electron chi connectivity index (χ0n) is 13.1. The first-order valence-electron chi connectivity index (χ1n) is 7.64. The number of ether oxygens (including phenoxy) is 1. The lowest BCUT2D eigenvalue weighted by atomic mass is 10.1. The summed E-state index contributed by atoms with van der Waals surface area (Å²) in [5, 5.41) is 3.36. The molecule has 0 spiro atoms. The van der Waals surface area contributed by atoms with Crippen LogP contribution in [0.3, 0.4) is 0 Å². The Kier molecular flexibility index (Phi) is 6.59. The molecule has 0 aliphatic carbocycles. The second kappa shape index (κ2) is 8.92. The summed E-state index contributed by atoms with van der Waals surface area (Å²) in [5.74, 6) is 0. The Morgan fingerprint density at radius 2 is 1.65 bits per heavy atom. The molecule has 0 aliphatic rings. The predicted molar refractivity (Wildman–Crippen MR) is 90.6 cm³/mol. The van der Waals surface area contributed by atoms with E-state index in [2.05, 4.69) is 17.4 Å². The first-order chi connectivity index (χ1) is 11.1. The van der Waals surface area contributed by atoms with Crippen LogP contribution in [-0.4, -0.2) is 18.7 Å². The van der Waals surface area contributed by atoms with Crippen LogP contribution < -0.4 is 16.8 Å². The van der Waals surface area contributed by atoms with Gasteiger partial charge in [-0.1, -0.05) is 54.6 Å². The van der Waals surface area contributed by atoms with Crippen LogP contribution >= 0.6 is 0 Å². The summed E-state index contributed by atoms with van der Waals surface area (Å²) in [6.45, 7) is 1.70. The van der Waals surface area contributed by atoms with E-state index in [4.69, 9.17) is 16.2 Å². The normalized spacial score (nSPS) is 11.9. The van der Waals surface area contributed by atoms with Gasteiger partial charge in [-0.3, -0.25) is 0 Å². The van der Waals surface area contributed by atoms with Crippen LogP contribution in [0.15, 0.2) is 54.6 Å². The van der Waals surface area contributed by atoms with Gasteiger partial charge in [-0.05, 0) is 23.1 Å². The van der Waals surface area contributed by atoms with Crippen LogP contribution in [0.5, 0.6) is 0 Å². The summed E-state index contributed by atoms with van der Waals surface area (Å²) < 4.78 is 4.74. The van der Waals surface area contributed by atoms with Crippen molar-refractivity contribution in [1.82, 2.24) is 5.32 Å². The Bertz CT molecular complexity index is 599. The molecule has 2 aromatic rings. The fraction of sp³-hybridized carbons (Fsp3) is 0.278. The third-order valence-corrected chi connectivity index (χ3v) is 3.48. The number of hydrogen-bond donors (Lipinski definition) is 3. The van der Waals surface area contributed by atoms with Gasteiger partial charge in [0.2, 0.25) is 0 Å². The van der Waals surface area contributed by atoms with E-state index in [9.17, 15) is 4.79 Å². The highest BCUT2D eigenvalue weighted by Crippen LogP contribution is 2.06. The Morgan fingerprint density at radius 3 is 2.30 bits per heavy atom. The van der Waals surface area contributed by atoms with Crippen molar-refractivity contribution in [3.63, 3.8) is 0 Å². The monoisotopic (exact) mass is 313 g/mol. The number of nitrogens with one attached hydrogen (secondary N) is 1. The number of carbonyl (C=O) groups excluding carboxylic acids is 1. The molecule has 1 amide bonds. The molecule has 0 bridgehead atoms. The molecular weight excluding hydrogens is 290 g/mol. The minimum absolute atomic E-state index is 0.0839. The molecule has 2 aromatic carbocycles. The Morgan fingerprint density at radius 1 is 1.00 bits per heavy atom. The summed E-state index contributed by atoms with van der Waals surface area (Å²) in [6, 6.07) is 18.2. The maximum absolute atomic E-state index is 10.6. The number of hydrogen-bond acceptors (Lipinski definition) is 4. The number of carbonyl (C=O) groups is 1. The molecule has 0 aliphatic heterocycles. The maximum Gasteiger partial charge on any atom is 0.404 e. The quantitative estimate of drug-likeness (QED) is 0.694. The summed E-state index contributed by atoms with van der Waals surface area (Å²) in [5.41, 5.74) is 14.4. The smallest absolute Gasteiger partial charge is 0.404 e. The molecule has 5 N–H and O–H groups in total. The van der Waals surface area contributed by atoms with Crippen LogP contribution in [0.2, 0.25) is 0 Å². The highest BCUT2D eigenvalue weighted by Gasteiger charge is 2.04. The first-order valence-corrected chi connectivity index (χ1v) is 7.64. The molecule has 0 radical (unpaired) electrons. The van der Waals surface area contributed by atoms with Crippen molar-refractivity contribution in [3.8, 4) is 0 Å². The van der Waals surface area contributed by atoms with Crippen molar-refractivity contribution in [2.24, 2.45) is 11.5 Å². The number of amides is 1. The largest absolute Gasteiger partial charge is 0.445 e. The van der Waals surface area contributed by atoms with Gasteiger partial charge in [0.05, 0.1) is 0 Å². The molecule has 0 saturated heterocycles. The van der Waals surface area contributed by atoms with E-state index >= 15 is 0 Å². The average Bonchev–Trinajstić information content (AvgIpc) is 2.55. The molecule has 5 heteroatoms. The lowest BCUT2D eigenvalue weighted by Crippen LogP contribution is -2.35. The number of benzene rings is 2. The van der Waals surface area contributed by atoms with E-state index in [1.165, 1.54) is 5.56 Å². The van der Waals surface area contributed by atoms with Gasteiger partial charge in [-0.15, -0.1) is 0 Å². The molecular formula is C18H23N3O2. The van der Waals surface area contributed by atoms with Gasteiger partial charge in [-0.2, -0.15) is 0 Å². The Labute approximate surface area is 136 Å². The third-order valence-electron chi connectivity index (χ3n) is 3.48. The zero-order valence-corrected chi connectivity index (χ0v) is 13.1. The van der Waals surface area contributed by atoms with E-state index in [0.29, 0.717) is 0 Å². The second-order valence-corrected chi connectivity index (χ2v) is 5.50. The minimum atomic E-state index is -0.761. The number of rotatable bonds is 8. The van der Waals surface area contributed by atoms with Gasteiger partial charge in [0.15, 0.2) is 0 Å². The van der Waals surface area contributed by atoms with Gasteiger partial charge < -0.3 is 21.5 Å². The molecule has 1 atom stereocenters. The SMILES string of the molecule is NC(=O)OCc1ccc(CNCC(N)Cc2ccccc2)cc1. The van der Waals surface area contributed by atoms with Crippen molar-refractivity contribution in [2.75, 3.05) is 6.54 Å². The van der Waals surface area contributed by atoms with Crippen LogP contribution in [0, 0.1) is 0 Å². The molecule has 0 fully saturated rings. The molecule has 0 aromatic heterocycles. The lowest BCUT2D eigenvalue weighted by molar-refractivity contribution is 0.150. The zero-order chi connectivity index (χ0) is 16.5. The van der Waals surface area contributed by atoms with Gasteiger partial charge in [-0.25, -0.2) is 4.79 Å². The summed E-state index contributed by atoms with van der Waals surface area (Å²) in [6.07, 6.45) is 0.0974. The van der Waals surface area contributed by atoms with Crippen molar-refractivity contribution in [3.05, 3.63) is 71.3 Å². The van der Waals surface area contributed by atoms with Crippen LogP contribution in [-0.2, 0) is 24.3 Å². The molecule has 5 nitrogen and oxygen atoms in total. The Hall–Kier alpha value is -2.37. The van der Waals surface area contributed by atoms with E-state index in [1.807, 2.05) is 42.5 Å². The van der Waals surface area contributed by atoms with Crippen molar-refractivity contribution in [2.45, 2.75) is 25.6 Å². The summed E-state index contributed by atoms with van der Waals surface area (Å²) in [7, 11) is 0. The average molecular weight is 313 g/mol. The van der Waals surface area contributed by atoms with Crippen LogP contribution in [0.25, 0.3) is 0 Å². The Balaban J connectivity index is 1.70. The van der Waals surface area contributed by atoms with E-state index in [0.717, 1.165) is 30.6 Å². The van der Waals surface area contributed by atoms with Crippen LogP contribution in [0.4, 0.5) is 4.79 Å².